The van der Waals surface area contributed by atoms with Crippen molar-refractivity contribution in [3.8, 4) is 0 Å². The Morgan fingerprint density at radius 2 is 1.75 bits per heavy atom. The molecule has 1 saturated heterocycles. The zero-order valence-corrected chi connectivity index (χ0v) is 17.9. The van der Waals surface area contributed by atoms with Crippen molar-refractivity contribution in [1.82, 2.24) is 9.80 Å². The van der Waals surface area contributed by atoms with Crippen molar-refractivity contribution in [2.45, 2.75) is 51.4 Å². The summed E-state index contributed by atoms with van der Waals surface area (Å²) in [4.78, 5) is 27.9. The van der Waals surface area contributed by atoms with Crippen LogP contribution in [-0.2, 0) is 10.9 Å². The Morgan fingerprint density at radius 3 is 2.25 bits per heavy atom. The number of nitrogens with zero attached hydrogens (tertiary/aromatic N) is 2. The van der Waals surface area contributed by atoms with Crippen molar-refractivity contribution < 1.29 is 27.5 Å². The molecule has 0 aliphatic carbocycles. The molecule has 0 atom stereocenters. The number of rotatable bonds is 2. The second kappa shape index (κ2) is 8.31. The number of hydrogen-bond donors (Lipinski definition) is 0. The third-order valence-corrected chi connectivity index (χ3v) is 5.20. The van der Waals surface area contributed by atoms with Crippen LogP contribution in [0.4, 0.5) is 18.0 Å². The van der Waals surface area contributed by atoms with Crippen LogP contribution >= 0.6 is 15.9 Å². The molecule has 0 unspecified atom stereocenters. The Hall–Kier alpha value is -1.77. The molecule has 0 radical (unpaired) electrons. The van der Waals surface area contributed by atoms with E-state index in [1.54, 1.807) is 27.8 Å². The molecular weight excluding hydrogens is 441 g/mol. The summed E-state index contributed by atoms with van der Waals surface area (Å²) in [5, 5.41) is 0. The first-order chi connectivity index (χ1) is 12.8. The summed E-state index contributed by atoms with van der Waals surface area (Å²) in [6, 6.07) is 2.94. The van der Waals surface area contributed by atoms with Crippen LogP contribution in [0, 0.1) is 0 Å². The van der Waals surface area contributed by atoms with Crippen LogP contribution < -0.4 is 0 Å². The first kappa shape index (κ1) is 22.5. The topological polar surface area (TPSA) is 49.9 Å². The minimum Gasteiger partial charge on any atom is -0.444 e. The molecule has 1 fully saturated rings. The molecule has 0 N–H and O–H groups in total. The van der Waals surface area contributed by atoms with E-state index >= 15 is 0 Å². The number of halogens is 4. The van der Waals surface area contributed by atoms with Crippen molar-refractivity contribution in [3.63, 3.8) is 0 Å². The largest absolute Gasteiger partial charge is 0.444 e. The normalized spacial score (nSPS) is 16.1. The van der Waals surface area contributed by atoms with E-state index in [0.29, 0.717) is 30.4 Å². The molecule has 9 heteroatoms. The minimum atomic E-state index is -4.52. The molecule has 5 nitrogen and oxygen atoms in total. The molecule has 156 valence electrons. The summed E-state index contributed by atoms with van der Waals surface area (Å²) in [6.45, 7) is 6.05. The van der Waals surface area contributed by atoms with Gasteiger partial charge in [-0.2, -0.15) is 13.2 Å². The smallest absolute Gasteiger partial charge is 0.416 e. The van der Waals surface area contributed by atoms with Gasteiger partial charge in [-0.3, -0.25) is 4.79 Å². The van der Waals surface area contributed by atoms with E-state index < -0.39 is 29.3 Å². The van der Waals surface area contributed by atoms with Crippen LogP contribution in [0.25, 0.3) is 0 Å². The highest BCUT2D eigenvalue weighted by Crippen LogP contribution is 2.32. The number of likely N-dealkylation sites (tertiary alicyclic amines) is 1. The lowest BCUT2D eigenvalue weighted by molar-refractivity contribution is -0.137. The molecule has 0 bridgehead atoms. The number of benzene rings is 1. The van der Waals surface area contributed by atoms with Crippen molar-refractivity contribution in [2.24, 2.45) is 0 Å². The maximum Gasteiger partial charge on any atom is 0.416 e. The van der Waals surface area contributed by atoms with Gasteiger partial charge in [0.05, 0.1) is 11.1 Å². The standard InChI is InChI=1S/C19H24BrF3N2O3/c1-18(2,3)28-17(27)24(4)13-7-9-25(10-8-13)16(26)14-11-12(19(21,22)23)5-6-15(14)20/h5-6,11,13H,7-10H2,1-4H3. The van der Waals surface area contributed by atoms with Gasteiger partial charge in [0.2, 0.25) is 0 Å². The van der Waals surface area contributed by atoms with Crippen molar-refractivity contribution in [2.75, 3.05) is 20.1 Å². The van der Waals surface area contributed by atoms with Gasteiger partial charge in [-0.05, 0) is 67.7 Å². The van der Waals surface area contributed by atoms with Gasteiger partial charge in [0.15, 0.2) is 0 Å². The second-order valence-corrected chi connectivity index (χ2v) is 8.66. The summed E-state index contributed by atoms with van der Waals surface area (Å²) < 4.78 is 44.5. The Morgan fingerprint density at radius 1 is 1.18 bits per heavy atom. The molecule has 1 aliphatic rings. The van der Waals surface area contributed by atoms with Crippen LogP contribution in [0.15, 0.2) is 22.7 Å². The summed E-state index contributed by atoms with van der Waals surface area (Å²) in [5.41, 5.74) is -1.48. The van der Waals surface area contributed by atoms with Crippen LogP contribution in [0.5, 0.6) is 0 Å². The van der Waals surface area contributed by atoms with Gasteiger partial charge in [0.1, 0.15) is 5.60 Å². The zero-order chi connectivity index (χ0) is 21.3. The van der Waals surface area contributed by atoms with E-state index in [0.717, 1.165) is 12.1 Å². The first-order valence-corrected chi connectivity index (χ1v) is 9.71. The molecule has 0 spiro atoms. The maximum atomic E-state index is 12.9. The minimum absolute atomic E-state index is 0.0197. The van der Waals surface area contributed by atoms with E-state index in [2.05, 4.69) is 15.9 Å². The molecule has 2 rings (SSSR count). The molecule has 1 aromatic rings. The first-order valence-electron chi connectivity index (χ1n) is 8.91. The number of piperidine rings is 1. The number of carbonyl (C=O) groups is 2. The average Bonchev–Trinajstić information content (AvgIpc) is 2.58. The molecule has 0 saturated carbocycles. The van der Waals surface area contributed by atoms with Gasteiger partial charge in [0.25, 0.3) is 5.91 Å². The number of alkyl halides is 3. The molecule has 1 aliphatic heterocycles. The highest BCUT2D eigenvalue weighted by atomic mass is 79.9. The van der Waals surface area contributed by atoms with Gasteiger partial charge in [-0.1, -0.05) is 0 Å². The zero-order valence-electron chi connectivity index (χ0n) is 16.3. The van der Waals surface area contributed by atoms with Crippen LogP contribution in [-0.4, -0.2) is 53.6 Å². The van der Waals surface area contributed by atoms with E-state index in [1.807, 2.05) is 0 Å². The molecule has 28 heavy (non-hydrogen) atoms. The van der Waals surface area contributed by atoms with E-state index in [9.17, 15) is 22.8 Å². The molecule has 1 aromatic carbocycles. The predicted molar refractivity (Wildman–Crippen MR) is 102 cm³/mol. The second-order valence-electron chi connectivity index (χ2n) is 7.81. The number of amides is 2. The third-order valence-electron chi connectivity index (χ3n) is 4.50. The maximum absolute atomic E-state index is 12.9. The molecule has 1 heterocycles. The van der Waals surface area contributed by atoms with Crippen LogP contribution in [0.2, 0.25) is 0 Å². The average molecular weight is 465 g/mol. The third kappa shape index (κ3) is 5.62. The van der Waals surface area contributed by atoms with Gasteiger partial charge in [-0.25, -0.2) is 4.79 Å². The Bertz CT molecular complexity index is 739. The quantitative estimate of drug-likeness (QED) is 0.622. The van der Waals surface area contributed by atoms with E-state index in [-0.39, 0.29) is 11.6 Å². The molecule has 0 aromatic heterocycles. The van der Waals surface area contributed by atoms with E-state index in [4.69, 9.17) is 4.74 Å². The van der Waals surface area contributed by atoms with Gasteiger partial charge < -0.3 is 14.5 Å². The van der Waals surface area contributed by atoms with Crippen molar-refractivity contribution >= 4 is 27.9 Å². The SMILES string of the molecule is CN(C(=O)OC(C)(C)C)C1CCN(C(=O)c2cc(C(F)(F)F)ccc2Br)CC1. The van der Waals surface area contributed by atoms with Gasteiger partial charge >= 0.3 is 12.3 Å². The Labute approximate surface area is 170 Å². The Balaban J connectivity index is 2.03. The molecule has 2 amide bonds. The lowest BCUT2D eigenvalue weighted by atomic mass is 10.0. The fraction of sp³-hybridized carbons (Fsp3) is 0.579. The fourth-order valence-corrected chi connectivity index (χ4v) is 3.39. The summed E-state index contributed by atoms with van der Waals surface area (Å²) in [6.07, 6.45) is -3.90. The molecular formula is C19H24BrF3N2O3. The van der Waals surface area contributed by atoms with Crippen molar-refractivity contribution in [1.29, 1.82) is 0 Å². The summed E-state index contributed by atoms with van der Waals surface area (Å²) in [5.74, 6) is -0.462. The van der Waals surface area contributed by atoms with Crippen LogP contribution in [0.1, 0.15) is 49.5 Å². The monoisotopic (exact) mass is 464 g/mol. The number of carbonyl (C=O) groups excluding carboxylic acids is 2. The van der Waals surface area contributed by atoms with Gasteiger partial charge in [-0.15, -0.1) is 0 Å². The lowest BCUT2D eigenvalue weighted by Crippen LogP contribution is -2.48. The van der Waals surface area contributed by atoms with E-state index in [1.165, 1.54) is 15.9 Å². The number of hydrogen-bond acceptors (Lipinski definition) is 3. The Kier molecular flexibility index (Phi) is 6.68. The fourth-order valence-electron chi connectivity index (χ4n) is 2.98. The van der Waals surface area contributed by atoms with Gasteiger partial charge in [0, 0.05) is 30.7 Å². The highest BCUT2D eigenvalue weighted by molar-refractivity contribution is 9.10. The lowest BCUT2D eigenvalue weighted by Gasteiger charge is -2.37. The van der Waals surface area contributed by atoms with Crippen LogP contribution in [0.3, 0.4) is 0 Å². The summed E-state index contributed by atoms with van der Waals surface area (Å²) >= 11 is 3.16. The number of ether oxygens (including phenoxy) is 1. The highest BCUT2D eigenvalue weighted by Gasteiger charge is 2.34. The van der Waals surface area contributed by atoms with Crippen molar-refractivity contribution in [3.05, 3.63) is 33.8 Å². The predicted octanol–water partition coefficient (Wildman–Crippen LogP) is 4.94. The summed E-state index contributed by atoms with van der Waals surface area (Å²) in [7, 11) is 1.65.